The Bertz CT molecular complexity index is 308. The van der Waals surface area contributed by atoms with Crippen LogP contribution in [0.25, 0.3) is 0 Å². The Labute approximate surface area is 96.8 Å². The van der Waals surface area contributed by atoms with Crippen molar-refractivity contribution in [2.45, 2.75) is 30.8 Å². The molecule has 1 rings (SSSR count). The fourth-order valence-electron chi connectivity index (χ4n) is 1.75. The summed E-state index contributed by atoms with van der Waals surface area (Å²) in [6.07, 6.45) is -7.05. The highest BCUT2D eigenvalue weighted by Crippen LogP contribution is 2.28. The molecule has 0 bridgehead atoms. The van der Waals surface area contributed by atoms with Gasteiger partial charge in [-0.1, -0.05) is 0 Å². The Morgan fingerprint density at radius 1 is 1.18 bits per heavy atom. The molecule has 0 aromatic carbocycles. The molecule has 8 nitrogen and oxygen atoms in total. The van der Waals surface area contributed by atoms with Crippen molar-refractivity contribution in [1.29, 1.82) is 0 Å². The average molecular weight is 249 g/mol. The van der Waals surface area contributed by atoms with E-state index >= 15 is 0 Å². The number of aliphatic hydroxyl groups excluding tert-OH is 3. The van der Waals surface area contributed by atoms with Gasteiger partial charge < -0.3 is 30.5 Å². The lowest BCUT2D eigenvalue weighted by atomic mass is 9.81. The maximum absolute atomic E-state index is 11.0. The van der Waals surface area contributed by atoms with Crippen LogP contribution >= 0.6 is 0 Å². The Kier molecular flexibility index (Phi) is 4.27. The van der Waals surface area contributed by atoms with Crippen LogP contribution in [0.1, 0.15) is 6.42 Å². The van der Waals surface area contributed by atoms with Crippen molar-refractivity contribution in [3.8, 4) is 0 Å². The lowest BCUT2D eigenvalue weighted by molar-refractivity contribution is -0.178. The summed E-state index contributed by atoms with van der Waals surface area (Å²) < 4.78 is 4.72. The fourth-order valence-corrected chi connectivity index (χ4v) is 1.75. The van der Waals surface area contributed by atoms with E-state index in [0.717, 1.165) is 0 Å². The molecule has 8 heteroatoms. The van der Waals surface area contributed by atoms with Crippen molar-refractivity contribution in [3.05, 3.63) is 0 Å². The molecule has 0 heterocycles. The van der Waals surface area contributed by atoms with E-state index in [9.17, 15) is 24.9 Å². The maximum Gasteiger partial charge on any atom is 0.407 e. The minimum atomic E-state index is -1.67. The predicted octanol–water partition coefficient (Wildman–Crippen LogP) is -2.10. The Morgan fingerprint density at radius 2 is 1.76 bits per heavy atom. The number of rotatable bonds is 2. The third kappa shape index (κ3) is 2.84. The number of aliphatic hydroxyl groups is 3. The third-order valence-electron chi connectivity index (χ3n) is 2.76. The van der Waals surface area contributed by atoms with Gasteiger partial charge in [0.05, 0.1) is 12.0 Å². The molecule has 1 amide bonds. The molecule has 1 aliphatic carbocycles. The summed E-state index contributed by atoms with van der Waals surface area (Å²) in [6.45, 7) is 0. The van der Waals surface area contributed by atoms with Gasteiger partial charge in [0, 0.05) is 13.5 Å². The number of aliphatic carboxylic acids is 1. The van der Waals surface area contributed by atoms with Crippen LogP contribution in [0.5, 0.6) is 0 Å². The van der Waals surface area contributed by atoms with Crippen LogP contribution in [0, 0.1) is 5.92 Å². The van der Waals surface area contributed by atoms with E-state index in [2.05, 4.69) is 5.32 Å². The van der Waals surface area contributed by atoms with E-state index in [0.29, 0.717) is 0 Å². The number of carboxylic acids is 1. The van der Waals surface area contributed by atoms with Gasteiger partial charge in [0.2, 0.25) is 0 Å². The molecule has 1 aliphatic rings. The van der Waals surface area contributed by atoms with Gasteiger partial charge in [-0.25, -0.2) is 4.79 Å². The van der Waals surface area contributed by atoms with Crippen LogP contribution in [0.2, 0.25) is 0 Å². The monoisotopic (exact) mass is 249 g/mol. The van der Waals surface area contributed by atoms with Crippen molar-refractivity contribution in [2.24, 2.45) is 5.92 Å². The Balaban J connectivity index is 2.78. The quantitative estimate of drug-likeness (QED) is 0.378. The number of carboxylic acid groups (broad SMARTS) is 1. The van der Waals surface area contributed by atoms with Gasteiger partial charge in [-0.05, 0) is 0 Å². The van der Waals surface area contributed by atoms with E-state index in [-0.39, 0.29) is 6.42 Å². The zero-order valence-electron chi connectivity index (χ0n) is 9.11. The summed E-state index contributed by atoms with van der Waals surface area (Å²) in [5, 5.41) is 39.4. The van der Waals surface area contributed by atoms with Crippen LogP contribution in [0.3, 0.4) is 0 Å². The highest BCUT2D eigenvalue weighted by Gasteiger charge is 2.47. The number of amides is 1. The summed E-state index contributed by atoms with van der Waals surface area (Å²) in [5.41, 5.74) is 0. The number of nitrogens with one attached hydrogen (secondary N) is 1. The van der Waals surface area contributed by atoms with Gasteiger partial charge in [0.15, 0.2) is 0 Å². The molecule has 0 aromatic rings. The maximum atomic E-state index is 11.0. The summed E-state index contributed by atoms with van der Waals surface area (Å²) in [5.74, 6) is -2.61. The van der Waals surface area contributed by atoms with Gasteiger partial charge in [0.1, 0.15) is 18.3 Å². The lowest BCUT2D eigenvalue weighted by Gasteiger charge is -2.37. The van der Waals surface area contributed by atoms with E-state index in [1.165, 1.54) is 7.05 Å². The SMILES string of the molecule is CNC(=O)OC1CC(C(=O)O)C(O)C(O)C1O. The van der Waals surface area contributed by atoms with Crippen molar-refractivity contribution in [1.82, 2.24) is 5.32 Å². The smallest absolute Gasteiger partial charge is 0.407 e. The molecule has 0 aliphatic heterocycles. The van der Waals surface area contributed by atoms with Crippen molar-refractivity contribution >= 4 is 12.1 Å². The normalized spacial score (nSPS) is 37.3. The number of alkyl carbamates (subject to hydrolysis) is 1. The molecular formula is C9H15NO7. The molecule has 17 heavy (non-hydrogen) atoms. The highest BCUT2D eigenvalue weighted by molar-refractivity contribution is 5.71. The molecule has 0 saturated heterocycles. The van der Waals surface area contributed by atoms with Crippen LogP contribution in [0.4, 0.5) is 4.79 Å². The molecule has 5 unspecified atom stereocenters. The molecular weight excluding hydrogens is 234 g/mol. The van der Waals surface area contributed by atoms with E-state index < -0.39 is 42.4 Å². The van der Waals surface area contributed by atoms with Crippen molar-refractivity contribution in [2.75, 3.05) is 7.05 Å². The second-order valence-corrected chi connectivity index (χ2v) is 3.85. The largest absolute Gasteiger partial charge is 0.481 e. The van der Waals surface area contributed by atoms with Gasteiger partial charge in [-0.2, -0.15) is 0 Å². The van der Waals surface area contributed by atoms with Crippen molar-refractivity contribution in [3.63, 3.8) is 0 Å². The highest BCUT2D eigenvalue weighted by atomic mass is 16.6. The number of hydrogen-bond donors (Lipinski definition) is 5. The third-order valence-corrected chi connectivity index (χ3v) is 2.76. The minimum Gasteiger partial charge on any atom is -0.481 e. The van der Waals surface area contributed by atoms with Crippen LogP contribution < -0.4 is 5.32 Å². The van der Waals surface area contributed by atoms with Gasteiger partial charge in [0.25, 0.3) is 0 Å². The van der Waals surface area contributed by atoms with Gasteiger partial charge in [-0.15, -0.1) is 0 Å². The van der Waals surface area contributed by atoms with E-state index in [1.807, 2.05) is 0 Å². The first-order valence-corrected chi connectivity index (χ1v) is 5.03. The first-order chi connectivity index (χ1) is 7.88. The first-order valence-electron chi connectivity index (χ1n) is 5.03. The molecule has 1 saturated carbocycles. The number of hydrogen-bond acceptors (Lipinski definition) is 6. The molecule has 0 spiro atoms. The molecule has 0 radical (unpaired) electrons. The fraction of sp³-hybridized carbons (Fsp3) is 0.778. The molecule has 5 atom stereocenters. The molecule has 5 N–H and O–H groups in total. The second kappa shape index (κ2) is 5.30. The van der Waals surface area contributed by atoms with Crippen LogP contribution in [-0.4, -0.2) is 64.0 Å². The zero-order valence-corrected chi connectivity index (χ0v) is 9.11. The second-order valence-electron chi connectivity index (χ2n) is 3.85. The van der Waals surface area contributed by atoms with Crippen molar-refractivity contribution < 1.29 is 34.8 Å². The summed E-state index contributed by atoms with van der Waals surface area (Å²) in [7, 11) is 1.30. The van der Waals surface area contributed by atoms with E-state index in [4.69, 9.17) is 9.84 Å². The number of carbonyl (C=O) groups is 2. The number of carbonyl (C=O) groups excluding carboxylic acids is 1. The Hall–Kier alpha value is -1.38. The lowest BCUT2D eigenvalue weighted by Crippen LogP contribution is -2.56. The number of ether oxygens (including phenoxy) is 1. The average Bonchev–Trinajstić information content (AvgIpc) is 2.29. The van der Waals surface area contributed by atoms with Crippen LogP contribution in [0.15, 0.2) is 0 Å². The van der Waals surface area contributed by atoms with Gasteiger partial charge >= 0.3 is 12.1 Å². The summed E-state index contributed by atoms with van der Waals surface area (Å²) in [6, 6.07) is 0. The molecule has 98 valence electrons. The standard InChI is InChI=1S/C9H15NO7/c1-10-9(16)17-4-2-3(8(14)15)5(11)7(13)6(4)12/h3-7,11-13H,2H2,1H3,(H,10,16)(H,14,15). The summed E-state index contributed by atoms with van der Waals surface area (Å²) >= 11 is 0. The molecule has 0 aromatic heterocycles. The minimum absolute atomic E-state index is 0.262. The zero-order chi connectivity index (χ0) is 13.2. The van der Waals surface area contributed by atoms with E-state index in [1.54, 1.807) is 0 Å². The summed E-state index contributed by atoms with van der Waals surface area (Å²) in [4.78, 5) is 21.8. The van der Waals surface area contributed by atoms with Crippen LogP contribution in [-0.2, 0) is 9.53 Å². The topological polar surface area (TPSA) is 136 Å². The first kappa shape index (κ1) is 13.7. The predicted molar refractivity (Wildman–Crippen MR) is 53.1 cm³/mol. The Morgan fingerprint density at radius 3 is 2.24 bits per heavy atom. The molecule has 1 fully saturated rings. The van der Waals surface area contributed by atoms with Gasteiger partial charge in [-0.3, -0.25) is 4.79 Å².